The molecule has 0 fully saturated rings. The fraction of sp³-hybridized carbons (Fsp3) is 0.571. The van der Waals surface area contributed by atoms with E-state index in [1.807, 2.05) is 0 Å². The summed E-state index contributed by atoms with van der Waals surface area (Å²) < 4.78 is 7.45. The molecule has 17 heavy (non-hydrogen) atoms. The zero-order valence-electron chi connectivity index (χ0n) is 11.5. The van der Waals surface area contributed by atoms with Gasteiger partial charge in [0, 0.05) is 10.2 Å². The number of halogens is 1. The molecule has 3 heteroatoms. The predicted molar refractivity (Wildman–Crippen MR) is 86.0 cm³/mol. The molecule has 1 nitrogen and oxygen atoms in total. The molecule has 0 aliphatic carbocycles. The first-order valence-corrected chi connectivity index (χ1v) is 10.1. The summed E-state index contributed by atoms with van der Waals surface area (Å²) in [5, 5.41) is 0.305. The SMILES string of the molecule is CC(C)(C)[Si](C)(C)OCCc1ccc(I)cc1. The van der Waals surface area contributed by atoms with Crippen molar-refractivity contribution in [1.82, 2.24) is 0 Å². The molecule has 0 amide bonds. The molecule has 0 aliphatic rings. The summed E-state index contributed by atoms with van der Waals surface area (Å²) in [5.74, 6) is 0. The van der Waals surface area contributed by atoms with E-state index in [1.54, 1.807) is 0 Å². The normalized spacial score (nSPS) is 12.8. The van der Waals surface area contributed by atoms with Crippen molar-refractivity contribution < 1.29 is 4.43 Å². The van der Waals surface area contributed by atoms with Crippen LogP contribution in [0.15, 0.2) is 24.3 Å². The average Bonchev–Trinajstić information content (AvgIpc) is 2.19. The van der Waals surface area contributed by atoms with Crippen LogP contribution in [0, 0.1) is 3.57 Å². The Labute approximate surface area is 120 Å². The van der Waals surface area contributed by atoms with Crippen molar-refractivity contribution in [2.45, 2.75) is 45.3 Å². The van der Waals surface area contributed by atoms with Crippen LogP contribution in [-0.4, -0.2) is 14.9 Å². The molecule has 0 bridgehead atoms. The Morgan fingerprint density at radius 3 is 2.12 bits per heavy atom. The molecule has 1 rings (SSSR count). The second-order valence-electron chi connectivity index (χ2n) is 5.99. The van der Waals surface area contributed by atoms with Crippen molar-refractivity contribution in [2.24, 2.45) is 0 Å². The number of rotatable bonds is 4. The summed E-state index contributed by atoms with van der Waals surface area (Å²) in [4.78, 5) is 0. The lowest BCUT2D eigenvalue weighted by molar-refractivity contribution is 0.292. The smallest absolute Gasteiger partial charge is 0.191 e. The van der Waals surface area contributed by atoms with E-state index in [-0.39, 0.29) is 0 Å². The quantitative estimate of drug-likeness (QED) is 0.549. The van der Waals surface area contributed by atoms with Gasteiger partial charge in [0.2, 0.25) is 0 Å². The molecular formula is C14H23IOSi. The van der Waals surface area contributed by atoms with Gasteiger partial charge in [0.1, 0.15) is 0 Å². The molecule has 0 saturated heterocycles. The zero-order valence-corrected chi connectivity index (χ0v) is 14.7. The van der Waals surface area contributed by atoms with E-state index in [9.17, 15) is 0 Å². The molecule has 0 radical (unpaired) electrons. The molecule has 0 heterocycles. The molecule has 0 N–H and O–H groups in total. The molecule has 96 valence electrons. The molecular weight excluding hydrogens is 339 g/mol. The summed E-state index contributed by atoms with van der Waals surface area (Å²) in [5.41, 5.74) is 1.36. The highest BCUT2D eigenvalue weighted by Gasteiger charge is 2.36. The molecule has 0 aliphatic heterocycles. The highest BCUT2D eigenvalue weighted by molar-refractivity contribution is 14.1. The van der Waals surface area contributed by atoms with E-state index in [1.165, 1.54) is 9.13 Å². The van der Waals surface area contributed by atoms with Gasteiger partial charge in [0.25, 0.3) is 0 Å². The molecule has 1 aromatic carbocycles. The van der Waals surface area contributed by atoms with Crippen LogP contribution in [0.5, 0.6) is 0 Å². The van der Waals surface area contributed by atoms with Crippen LogP contribution in [0.1, 0.15) is 26.3 Å². The molecule has 1 aromatic rings. The van der Waals surface area contributed by atoms with Crippen LogP contribution in [0.2, 0.25) is 18.1 Å². The first kappa shape index (κ1) is 15.2. The Kier molecular flexibility index (Phi) is 5.22. The lowest BCUT2D eigenvalue weighted by Gasteiger charge is -2.36. The van der Waals surface area contributed by atoms with Crippen molar-refractivity contribution in [3.8, 4) is 0 Å². The standard InChI is InChI=1S/C14H23IOSi/c1-14(2,3)17(4,5)16-11-10-12-6-8-13(15)9-7-12/h6-9H,10-11H2,1-5H3. The number of hydrogen-bond acceptors (Lipinski definition) is 1. The Morgan fingerprint density at radius 2 is 1.65 bits per heavy atom. The van der Waals surface area contributed by atoms with Crippen LogP contribution in [0.25, 0.3) is 0 Å². The Hall–Kier alpha value is 0.127. The van der Waals surface area contributed by atoms with Gasteiger partial charge < -0.3 is 4.43 Å². The van der Waals surface area contributed by atoms with Crippen molar-refractivity contribution >= 4 is 30.9 Å². The number of hydrogen-bond donors (Lipinski definition) is 0. The minimum atomic E-state index is -1.57. The first-order chi connectivity index (χ1) is 7.72. The third kappa shape index (κ3) is 4.71. The highest BCUT2D eigenvalue weighted by Crippen LogP contribution is 2.36. The van der Waals surface area contributed by atoms with Gasteiger partial charge in [-0.15, -0.1) is 0 Å². The maximum atomic E-state index is 6.17. The van der Waals surface area contributed by atoms with E-state index in [0.29, 0.717) is 5.04 Å². The van der Waals surface area contributed by atoms with Gasteiger partial charge in [-0.3, -0.25) is 0 Å². The largest absolute Gasteiger partial charge is 0.416 e. The van der Waals surface area contributed by atoms with Crippen LogP contribution in [-0.2, 0) is 10.8 Å². The van der Waals surface area contributed by atoms with Crippen LogP contribution >= 0.6 is 22.6 Å². The third-order valence-electron chi connectivity index (χ3n) is 3.57. The third-order valence-corrected chi connectivity index (χ3v) is 8.83. The van der Waals surface area contributed by atoms with E-state index in [4.69, 9.17) is 4.43 Å². The molecule has 0 spiro atoms. The van der Waals surface area contributed by atoms with Crippen molar-refractivity contribution in [3.63, 3.8) is 0 Å². The topological polar surface area (TPSA) is 9.23 Å². The maximum absolute atomic E-state index is 6.17. The second-order valence-corrected chi connectivity index (χ2v) is 12.0. The molecule has 0 aromatic heterocycles. The van der Waals surface area contributed by atoms with E-state index in [2.05, 4.69) is 80.7 Å². The summed E-state index contributed by atoms with van der Waals surface area (Å²) >= 11 is 2.33. The maximum Gasteiger partial charge on any atom is 0.191 e. The van der Waals surface area contributed by atoms with E-state index in [0.717, 1.165) is 13.0 Å². The van der Waals surface area contributed by atoms with Crippen LogP contribution < -0.4 is 0 Å². The zero-order chi connectivity index (χ0) is 13.1. The van der Waals surface area contributed by atoms with E-state index >= 15 is 0 Å². The highest BCUT2D eigenvalue weighted by atomic mass is 127. The van der Waals surface area contributed by atoms with Gasteiger partial charge in [-0.1, -0.05) is 32.9 Å². The molecule has 0 unspecified atom stereocenters. The van der Waals surface area contributed by atoms with Crippen molar-refractivity contribution in [3.05, 3.63) is 33.4 Å². The lowest BCUT2D eigenvalue weighted by atomic mass is 10.2. The second kappa shape index (κ2) is 5.84. The van der Waals surface area contributed by atoms with Gasteiger partial charge in [0.05, 0.1) is 0 Å². The predicted octanol–water partition coefficient (Wildman–Crippen LogP) is 4.86. The Morgan fingerprint density at radius 1 is 1.12 bits per heavy atom. The van der Waals surface area contributed by atoms with Gasteiger partial charge in [-0.2, -0.15) is 0 Å². The van der Waals surface area contributed by atoms with Gasteiger partial charge >= 0.3 is 0 Å². The minimum Gasteiger partial charge on any atom is -0.416 e. The molecule has 0 atom stereocenters. The first-order valence-electron chi connectivity index (χ1n) is 6.11. The lowest BCUT2D eigenvalue weighted by Crippen LogP contribution is -2.41. The summed E-state index contributed by atoms with van der Waals surface area (Å²) in [6.45, 7) is 12.3. The fourth-order valence-corrected chi connectivity index (χ4v) is 2.70. The van der Waals surface area contributed by atoms with Crippen molar-refractivity contribution in [1.29, 1.82) is 0 Å². The summed E-state index contributed by atoms with van der Waals surface area (Å²) in [6, 6.07) is 8.69. The van der Waals surface area contributed by atoms with Crippen molar-refractivity contribution in [2.75, 3.05) is 6.61 Å². The van der Waals surface area contributed by atoms with Crippen LogP contribution in [0.4, 0.5) is 0 Å². The molecule has 0 saturated carbocycles. The summed E-state index contributed by atoms with van der Waals surface area (Å²) in [7, 11) is -1.57. The van der Waals surface area contributed by atoms with Gasteiger partial charge in [0.15, 0.2) is 8.32 Å². The Balaban J connectivity index is 2.45. The Bertz CT molecular complexity index is 351. The average molecular weight is 362 g/mol. The van der Waals surface area contributed by atoms with Gasteiger partial charge in [-0.05, 0) is 64.8 Å². The minimum absolute atomic E-state index is 0.305. The van der Waals surface area contributed by atoms with E-state index < -0.39 is 8.32 Å². The summed E-state index contributed by atoms with van der Waals surface area (Å²) in [6.07, 6.45) is 1.02. The monoisotopic (exact) mass is 362 g/mol. The number of benzene rings is 1. The van der Waals surface area contributed by atoms with Gasteiger partial charge in [-0.25, -0.2) is 0 Å². The fourth-order valence-electron chi connectivity index (χ4n) is 1.29. The van der Waals surface area contributed by atoms with Crippen LogP contribution in [0.3, 0.4) is 0 Å².